The maximum atomic E-state index is 13.0. The first-order chi connectivity index (χ1) is 11.8. The van der Waals surface area contributed by atoms with Crippen molar-refractivity contribution in [3.8, 4) is 0 Å². The number of piperidine rings is 1. The molecule has 0 radical (unpaired) electrons. The Bertz CT molecular complexity index is 545. The summed E-state index contributed by atoms with van der Waals surface area (Å²) in [6.45, 7) is 3.22. The van der Waals surface area contributed by atoms with Gasteiger partial charge in [-0.2, -0.15) is 0 Å². The summed E-state index contributed by atoms with van der Waals surface area (Å²) in [5, 5.41) is 3.34. The summed E-state index contributed by atoms with van der Waals surface area (Å²) in [6, 6.07) is 5.15. The van der Waals surface area contributed by atoms with Crippen molar-refractivity contribution < 1.29 is 9.21 Å². The molecule has 0 spiro atoms. The number of likely N-dealkylation sites (tertiary alicyclic amines) is 1. The lowest BCUT2D eigenvalue weighted by Crippen LogP contribution is -2.51. The minimum atomic E-state index is 0.0917. The van der Waals surface area contributed by atoms with E-state index >= 15 is 0 Å². The topological polar surface area (TPSA) is 48.7 Å². The predicted molar refractivity (Wildman–Crippen MR) is 92.8 cm³/mol. The van der Waals surface area contributed by atoms with Crippen LogP contribution < -0.4 is 5.32 Å². The fourth-order valence-corrected chi connectivity index (χ4v) is 4.74. The van der Waals surface area contributed by atoms with Crippen molar-refractivity contribution in [3.05, 3.63) is 24.2 Å². The van der Waals surface area contributed by atoms with Gasteiger partial charge in [0.15, 0.2) is 0 Å². The molecule has 3 aliphatic rings. The summed E-state index contributed by atoms with van der Waals surface area (Å²) in [7, 11) is 0. The first kappa shape index (κ1) is 16.0. The van der Waals surface area contributed by atoms with Crippen molar-refractivity contribution in [2.75, 3.05) is 19.6 Å². The Kier molecular flexibility index (Phi) is 4.79. The van der Waals surface area contributed by atoms with Crippen molar-refractivity contribution in [1.29, 1.82) is 0 Å². The number of hydrogen-bond donors (Lipinski definition) is 1. The molecule has 1 N–H and O–H groups in total. The van der Waals surface area contributed by atoms with Crippen molar-refractivity contribution in [2.24, 2.45) is 0 Å². The zero-order valence-electron chi connectivity index (χ0n) is 14.5. The molecule has 5 heteroatoms. The number of amides is 2. The molecule has 1 aromatic rings. The van der Waals surface area contributed by atoms with Crippen LogP contribution in [0.2, 0.25) is 0 Å². The van der Waals surface area contributed by atoms with Gasteiger partial charge < -0.3 is 19.5 Å². The fourth-order valence-electron chi connectivity index (χ4n) is 4.74. The Hall–Kier alpha value is -1.49. The van der Waals surface area contributed by atoms with Gasteiger partial charge in [0.25, 0.3) is 0 Å². The van der Waals surface area contributed by atoms with Gasteiger partial charge in [0, 0.05) is 25.2 Å². The third kappa shape index (κ3) is 3.32. The number of furan rings is 1. The Morgan fingerprint density at radius 2 is 2.04 bits per heavy atom. The molecule has 0 bridgehead atoms. The summed E-state index contributed by atoms with van der Waals surface area (Å²) >= 11 is 0. The Balaban J connectivity index is 1.41. The number of rotatable bonds is 2. The highest BCUT2D eigenvalue weighted by Gasteiger charge is 2.34. The average molecular weight is 331 g/mol. The second-order valence-corrected chi connectivity index (χ2v) is 7.58. The van der Waals surface area contributed by atoms with Crippen LogP contribution in [0, 0.1) is 0 Å². The van der Waals surface area contributed by atoms with Gasteiger partial charge in [-0.3, -0.25) is 0 Å². The molecule has 3 fully saturated rings. The summed E-state index contributed by atoms with van der Waals surface area (Å²) in [6.07, 6.45) is 11.0. The molecule has 2 amide bonds. The lowest BCUT2D eigenvalue weighted by atomic mass is 9.98. The monoisotopic (exact) mass is 331 g/mol. The number of carbonyl (C=O) groups excluding carboxylic acids is 1. The van der Waals surface area contributed by atoms with E-state index in [-0.39, 0.29) is 12.1 Å². The van der Waals surface area contributed by atoms with E-state index in [1.807, 2.05) is 17.0 Å². The SMILES string of the molecule is O=C(NC1CCN2CCCC2C1)N1CCCCCC1c1ccco1. The van der Waals surface area contributed by atoms with Crippen LogP contribution in [0.25, 0.3) is 0 Å². The van der Waals surface area contributed by atoms with E-state index in [9.17, 15) is 4.79 Å². The second-order valence-electron chi connectivity index (χ2n) is 7.58. The summed E-state index contributed by atoms with van der Waals surface area (Å²) in [4.78, 5) is 17.6. The quantitative estimate of drug-likeness (QED) is 0.902. The van der Waals surface area contributed by atoms with Crippen LogP contribution in [-0.2, 0) is 0 Å². The highest BCUT2D eigenvalue weighted by atomic mass is 16.3. The average Bonchev–Trinajstić information content (AvgIpc) is 3.21. The molecule has 4 heterocycles. The molecule has 3 unspecified atom stereocenters. The highest BCUT2D eigenvalue weighted by Crippen LogP contribution is 2.31. The molecule has 1 aromatic heterocycles. The largest absolute Gasteiger partial charge is 0.467 e. The van der Waals surface area contributed by atoms with Crippen molar-refractivity contribution in [2.45, 2.75) is 69.5 Å². The first-order valence-corrected chi connectivity index (χ1v) is 9.66. The Labute approximate surface area is 144 Å². The molecule has 0 aromatic carbocycles. The van der Waals surface area contributed by atoms with Gasteiger partial charge in [0.1, 0.15) is 5.76 Å². The highest BCUT2D eigenvalue weighted by molar-refractivity contribution is 5.75. The van der Waals surface area contributed by atoms with Gasteiger partial charge >= 0.3 is 6.03 Å². The molecule has 5 nitrogen and oxygen atoms in total. The molecule has 3 saturated heterocycles. The van der Waals surface area contributed by atoms with Gasteiger partial charge in [-0.05, 0) is 57.2 Å². The normalized spacial score (nSPS) is 31.5. The summed E-state index contributed by atoms with van der Waals surface area (Å²) in [5.41, 5.74) is 0. The van der Waals surface area contributed by atoms with Gasteiger partial charge in [0.2, 0.25) is 0 Å². The molecular weight excluding hydrogens is 302 g/mol. The van der Waals surface area contributed by atoms with E-state index in [4.69, 9.17) is 4.42 Å². The molecule has 0 aliphatic carbocycles. The third-order valence-electron chi connectivity index (χ3n) is 6.03. The van der Waals surface area contributed by atoms with Crippen LogP contribution in [0.15, 0.2) is 22.8 Å². The Morgan fingerprint density at radius 1 is 1.08 bits per heavy atom. The summed E-state index contributed by atoms with van der Waals surface area (Å²) in [5.74, 6) is 0.928. The lowest BCUT2D eigenvalue weighted by Gasteiger charge is -2.37. The minimum absolute atomic E-state index is 0.0917. The zero-order chi connectivity index (χ0) is 16.4. The maximum absolute atomic E-state index is 13.0. The number of nitrogens with one attached hydrogen (secondary N) is 1. The molecule has 24 heavy (non-hydrogen) atoms. The zero-order valence-corrected chi connectivity index (χ0v) is 14.5. The van der Waals surface area contributed by atoms with Crippen molar-refractivity contribution >= 4 is 6.03 Å². The van der Waals surface area contributed by atoms with E-state index in [0.29, 0.717) is 12.1 Å². The van der Waals surface area contributed by atoms with Gasteiger partial charge in [-0.1, -0.05) is 12.8 Å². The predicted octanol–water partition coefficient (Wildman–Crippen LogP) is 3.53. The number of nitrogens with zero attached hydrogens (tertiary/aromatic N) is 2. The maximum Gasteiger partial charge on any atom is 0.318 e. The Morgan fingerprint density at radius 3 is 2.92 bits per heavy atom. The summed E-state index contributed by atoms with van der Waals surface area (Å²) < 4.78 is 5.63. The van der Waals surface area contributed by atoms with Crippen LogP contribution >= 0.6 is 0 Å². The van der Waals surface area contributed by atoms with Crippen LogP contribution in [0.5, 0.6) is 0 Å². The van der Waals surface area contributed by atoms with Crippen molar-refractivity contribution in [1.82, 2.24) is 15.1 Å². The standard InChI is InChI=1S/C19H29N3O2/c23-19(20-15-9-12-21-10-4-6-16(21)14-15)22-11-3-1-2-7-17(22)18-8-5-13-24-18/h5,8,13,15-17H,1-4,6-7,9-12,14H2,(H,20,23). The molecule has 4 rings (SSSR count). The smallest absolute Gasteiger partial charge is 0.318 e. The van der Waals surface area contributed by atoms with E-state index in [1.165, 1.54) is 25.8 Å². The number of urea groups is 1. The van der Waals surface area contributed by atoms with Crippen LogP contribution in [-0.4, -0.2) is 47.5 Å². The van der Waals surface area contributed by atoms with E-state index < -0.39 is 0 Å². The number of carbonyl (C=O) groups is 1. The molecule has 3 atom stereocenters. The fraction of sp³-hybridized carbons (Fsp3) is 0.737. The lowest BCUT2D eigenvalue weighted by molar-refractivity contribution is 0.141. The van der Waals surface area contributed by atoms with E-state index in [0.717, 1.165) is 51.0 Å². The second kappa shape index (κ2) is 7.18. The molecule has 0 saturated carbocycles. The van der Waals surface area contributed by atoms with Gasteiger partial charge in [0.05, 0.1) is 12.3 Å². The molecule has 132 valence electrons. The minimum Gasteiger partial charge on any atom is -0.467 e. The van der Waals surface area contributed by atoms with E-state index in [2.05, 4.69) is 10.2 Å². The van der Waals surface area contributed by atoms with Crippen LogP contribution in [0.3, 0.4) is 0 Å². The van der Waals surface area contributed by atoms with E-state index in [1.54, 1.807) is 6.26 Å². The van der Waals surface area contributed by atoms with Gasteiger partial charge in [-0.25, -0.2) is 4.79 Å². The van der Waals surface area contributed by atoms with Crippen LogP contribution in [0.4, 0.5) is 4.79 Å². The number of fused-ring (bicyclic) bond motifs is 1. The molecular formula is C19H29N3O2. The van der Waals surface area contributed by atoms with Crippen molar-refractivity contribution in [3.63, 3.8) is 0 Å². The van der Waals surface area contributed by atoms with Crippen LogP contribution in [0.1, 0.15) is 63.2 Å². The number of hydrogen-bond acceptors (Lipinski definition) is 3. The molecule has 3 aliphatic heterocycles. The van der Waals surface area contributed by atoms with Gasteiger partial charge in [-0.15, -0.1) is 0 Å². The third-order valence-corrected chi connectivity index (χ3v) is 6.03. The first-order valence-electron chi connectivity index (χ1n) is 9.66.